The summed E-state index contributed by atoms with van der Waals surface area (Å²) in [5.41, 5.74) is 2.77. The Labute approximate surface area is 188 Å². The van der Waals surface area contributed by atoms with E-state index in [4.69, 9.17) is 5.11 Å². The highest BCUT2D eigenvalue weighted by molar-refractivity contribution is 5.84. The smallest absolute Gasteiger partial charge is 0.141 e. The molecule has 3 nitrogen and oxygen atoms in total. The van der Waals surface area contributed by atoms with Crippen LogP contribution in [0.1, 0.15) is 45.4 Å². The number of aromatic hydroxyl groups is 2. The van der Waals surface area contributed by atoms with Gasteiger partial charge in [-0.15, -0.1) is 0 Å². The van der Waals surface area contributed by atoms with E-state index in [1.165, 1.54) is 12.0 Å². The Morgan fingerprint density at radius 1 is 0.645 bits per heavy atom. The first kappa shape index (κ1) is 27.7. The van der Waals surface area contributed by atoms with Crippen molar-refractivity contribution >= 4 is 10.9 Å². The summed E-state index contributed by atoms with van der Waals surface area (Å²) in [6, 6.07) is 28.4. The molecule has 0 aliphatic carbocycles. The molecular formula is C28H37NO2. The summed E-state index contributed by atoms with van der Waals surface area (Å²) >= 11 is 0. The van der Waals surface area contributed by atoms with Crippen molar-refractivity contribution in [2.75, 3.05) is 0 Å². The Morgan fingerprint density at radius 2 is 1.13 bits per heavy atom. The number of aryl methyl sites for hydroxylation is 2. The molecule has 0 aliphatic heterocycles. The van der Waals surface area contributed by atoms with E-state index >= 15 is 0 Å². The Bertz CT molecular complexity index is 888. The predicted molar refractivity (Wildman–Crippen MR) is 135 cm³/mol. The second kappa shape index (κ2) is 17.5. The van der Waals surface area contributed by atoms with Crippen molar-refractivity contribution in [3.63, 3.8) is 0 Å². The van der Waals surface area contributed by atoms with E-state index in [-0.39, 0.29) is 5.75 Å². The number of benzene rings is 3. The summed E-state index contributed by atoms with van der Waals surface area (Å²) in [4.78, 5) is 4.23. The molecule has 0 amide bonds. The third kappa shape index (κ3) is 12.8. The van der Waals surface area contributed by atoms with Crippen LogP contribution < -0.4 is 0 Å². The number of aromatic nitrogens is 1. The lowest BCUT2D eigenvalue weighted by Crippen LogP contribution is -1.82. The number of para-hydroxylation sites is 1. The van der Waals surface area contributed by atoms with Gasteiger partial charge < -0.3 is 10.2 Å². The Hall–Kier alpha value is -3.33. The molecule has 3 aromatic carbocycles. The van der Waals surface area contributed by atoms with Crippen LogP contribution in [-0.4, -0.2) is 15.2 Å². The molecule has 4 rings (SSSR count). The van der Waals surface area contributed by atoms with Gasteiger partial charge in [-0.25, -0.2) is 4.98 Å². The van der Waals surface area contributed by atoms with Crippen LogP contribution in [0.2, 0.25) is 0 Å². The van der Waals surface area contributed by atoms with Gasteiger partial charge in [0.2, 0.25) is 0 Å². The molecule has 3 heteroatoms. The monoisotopic (exact) mass is 419 g/mol. The molecule has 0 radical (unpaired) electrons. The summed E-state index contributed by atoms with van der Waals surface area (Å²) in [6.45, 7) is 12.1. The van der Waals surface area contributed by atoms with Crippen molar-refractivity contribution in [3.8, 4) is 11.5 Å². The van der Waals surface area contributed by atoms with Gasteiger partial charge in [-0.05, 0) is 38.1 Å². The zero-order chi connectivity index (χ0) is 23.5. The second-order valence-electron chi connectivity index (χ2n) is 6.50. The molecule has 0 unspecified atom stereocenters. The summed E-state index contributed by atoms with van der Waals surface area (Å²) in [5.74, 6) is 0.576. The average molecular weight is 420 g/mol. The number of nitrogens with zero attached hydrogens (tertiary/aromatic N) is 1. The molecule has 0 atom stereocenters. The number of rotatable bonds is 0. The highest BCUT2D eigenvalue weighted by Crippen LogP contribution is 2.21. The lowest BCUT2D eigenvalue weighted by Gasteiger charge is -1.99. The molecule has 0 aliphatic rings. The third-order valence-electron chi connectivity index (χ3n) is 3.54. The van der Waals surface area contributed by atoms with Crippen LogP contribution in [0.5, 0.6) is 11.5 Å². The van der Waals surface area contributed by atoms with Gasteiger partial charge in [0.15, 0.2) is 0 Å². The molecule has 4 aromatic rings. The number of hydrogen-bond donors (Lipinski definition) is 2. The first-order valence-electron chi connectivity index (χ1n) is 10.8. The van der Waals surface area contributed by atoms with Gasteiger partial charge >= 0.3 is 0 Å². The fraction of sp³-hybridized carbons (Fsp3) is 0.250. The normalized spacial score (nSPS) is 8.71. The minimum absolute atomic E-state index is 0.246. The average Bonchev–Trinajstić information content (AvgIpc) is 2.80. The molecule has 1 aromatic heterocycles. The third-order valence-corrected chi connectivity index (χ3v) is 3.54. The van der Waals surface area contributed by atoms with Crippen molar-refractivity contribution in [2.45, 2.75) is 48.0 Å². The lowest BCUT2D eigenvalue weighted by molar-refractivity contribution is 0.475. The molecule has 31 heavy (non-hydrogen) atoms. The van der Waals surface area contributed by atoms with Crippen molar-refractivity contribution in [1.82, 2.24) is 4.98 Å². The van der Waals surface area contributed by atoms with Crippen LogP contribution in [0.3, 0.4) is 0 Å². The molecule has 1 heterocycles. The van der Waals surface area contributed by atoms with Crippen LogP contribution >= 0.6 is 0 Å². The van der Waals surface area contributed by atoms with E-state index in [0.717, 1.165) is 11.1 Å². The Balaban J connectivity index is 0.000000413. The fourth-order valence-electron chi connectivity index (χ4n) is 2.16. The van der Waals surface area contributed by atoms with Crippen molar-refractivity contribution in [2.24, 2.45) is 0 Å². The molecule has 0 saturated heterocycles. The van der Waals surface area contributed by atoms with Gasteiger partial charge in [-0.2, -0.15) is 0 Å². The maximum atomic E-state index is 9.43. The van der Waals surface area contributed by atoms with Gasteiger partial charge in [-0.3, -0.25) is 0 Å². The number of pyridine rings is 1. The van der Waals surface area contributed by atoms with E-state index in [9.17, 15) is 5.11 Å². The predicted octanol–water partition coefficient (Wildman–Crippen LogP) is 8.08. The van der Waals surface area contributed by atoms with Crippen molar-refractivity contribution in [1.29, 1.82) is 0 Å². The quantitative estimate of drug-likeness (QED) is 0.303. The topological polar surface area (TPSA) is 53.4 Å². The van der Waals surface area contributed by atoms with E-state index in [2.05, 4.69) is 18.8 Å². The Morgan fingerprint density at radius 3 is 1.58 bits per heavy atom. The zero-order valence-electron chi connectivity index (χ0n) is 19.7. The molecule has 0 fully saturated rings. The maximum absolute atomic E-state index is 9.43. The van der Waals surface area contributed by atoms with Crippen LogP contribution in [0, 0.1) is 13.8 Å². The largest absolute Gasteiger partial charge is 0.508 e. The Kier molecular flexibility index (Phi) is 15.6. The zero-order valence-corrected chi connectivity index (χ0v) is 19.7. The molecule has 0 saturated carbocycles. The maximum Gasteiger partial charge on any atom is 0.141 e. The van der Waals surface area contributed by atoms with E-state index in [0.29, 0.717) is 11.3 Å². The summed E-state index contributed by atoms with van der Waals surface area (Å²) in [5, 5.41) is 19.2. The fourth-order valence-corrected chi connectivity index (χ4v) is 2.16. The van der Waals surface area contributed by atoms with Gasteiger partial charge in [0.1, 0.15) is 17.0 Å². The summed E-state index contributed by atoms with van der Waals surface area (Å²) in [6.07, 6.45) is 1.25. The van der Waals surface area contributed by atoms with Crippen molar-refractivity contribution < 1.29 is 10.2 Å². The minimum Gasteiger partial charge on any atom is -0.508 e. The standard InChI is InChI=1S/C10H9NO.C7H8O.C6H6.C3H8.C2H6/c1-7-5-6-8-3-2-4-9(12)10(8)11-7;1-6-2-4-7(8)5-3-6;1-2-4-6-5-3-1;1-3-2;1-2/h2-6,12H,1H3;2-5,8H,1H3;1-6H;3H2,1-2H3;1-2H3. The molecule has 2 N–H and O–H groups in total. The van der Waals surface area contributed by atoms with Crippen LogP contribution in [0.4, 0.5) is 0 Å². The molecular weight excluding hydrogens is 382 g/mol. The lowest BCUT2D eigenvalue weighted by atomic mass is 10.2. The summed E-state index contributed by atoms with van der Waals surface area (Å²) in [7, 11) is 0. The van der Waals surface area contributed by atoms with Gasteiger partial charge in [0.25, 0.3) is 0 Å². The van der Waals surface area contributed by atoms with E-state index in [1.807, 2.05) is 100 Å². The summed E-state index contributed by atoms with van der Waals surface area (Å²) < 4.78 is 0. The van der Waals surface area contributed by atoms with Gasteiger partial charge in [0, 0.05) is 11.1 Å². The molecule has 0 bridgehead atoms. The van der Waals surface area contributed by atoms with E-state index in [1.54, 1.807) is 18.2 Å². The van der Waals surface area contributed by atoms with Crippen LogP contribution in [0.15, 0.2) is 91.0 Å². The van der Waals surface area contributed by atoms with Gasteiger partial charge in [-0.1, -0.05) is 106 Å². The van der Waals surface area contributed by atoms with Crippen LogP contribution in [-0.2, 0) is 0 Å². The number of hydrogen-bond acceptors (Lipinski definition) is 3. The molecule has 166 valence electrons. The first-order chi connectivity index (χ1) is 15.0. The van der Waals surface area contributed by atoms with Crippen molar-refractivity contribution in [3.05, 3.63) is 102 Å². The number of phenolic OH excluding ortho intramolecular Hbond substituents is 2. The highest BCUT2D eigenvalue weighted by Gasteiger charge is 1.98. The van der Waals surface area contributed by atoms with Gasteiger partial charge in [0.05, 0.1) is 0 Å². The number of phenols is 2. The molecule has 0 spiro atoms. The minimum atomic E-state index is 0.246. The van der Waals surface area contributed by atoms with Crippen LogP contribution in [0.25, 0.3) is 10.9 Å². The number of fused-ring (bicyclic) bond motifs is 1. The SMILES string of the molecule is CC.CCC.Cc1ccc(O)cc1.Cc1ccc2cccc(O)c2n1.c1ccccc1. The first-order valence-corrected chi connectivity index (χ1v) is 10.8. The van der Waals surface area contributed by atoms with E-state index < -0.39 is 0 Å². The second-order valence-corrected chi connectivity index (χ2v) is 6.50. The highest BCUT2D eigenvalue weighted by atomic mass is 16.3.